The van der Waals surface area contributed by atoms with Crippen LogP contribution in [0.25, 0.3) is 0 Å². The summed E-state index contributed by atoms with van der Waals surface area (Å²) in [7, 11) is 0. The fraction of sp³-hybridized carbons (Fsp3) is 0.304. The van der Waals surface area contributed by atoms with Crippen molar-refractivity contribution < 1.29 is 19.2 Å². The highest BCUT2D eigenvalue weighted by atomic mass is 16.6. The molecule has 0 bridgehead atoms. The second-order valence-electron chi connectivity index (χ2n) is 6.93. The van der Waals surface area contributed by atoms with Crippen LogP contribution < -0.4 is 5.32 Å². The quantitative estimate of drug-likeness (QED) is 0.532. The number of hydrogen-bond acceptors (Lipinski definition) is 5. The molecule has 6 nitrogen and oxygen atoms in total. The second-order valence-corrected chi connectivity index (χ2v) is 6.93. The van der Waals surface area contributed by atoms with Crippen LogP contribution in [-0.4, -0.2) is 22.5 Å². The predicted molar refractivity (Wildman–Crippen MR) is 109 cm³/mol. The molecule has 0 aliphatic heterocycles. The Morgan fingerprint density at radius 2 is 1.79 bits per heavy atom. The van der Waals surface area contributed by atoms with Crippen molar-refractivity contribution in [3.05, 3.63) is 89.8 Å². The second kappa shape index (κ2) is 11.0. The van der Waals surface area contributed by atoms with Crippen LogP contribution in [0, 0.1) is 0 Å². The number of ether oxygens (including phenoxy) is 1. The maximum atomic E-state index is 12.2. The van der Waals surface area contributed by atoms with Gasteiger partial charge < -0.3 is 19.7 Å². The molecule has 29 heavy (non-hydrogen) atoms. The highest BCUT2D eigenvalue weighted by Crippen LogP contribution is 2.21. The molecule has 1 heterocycles. The summed E-state index contributed by atoms with van der Waals surface area (Å²) >= 11 is 0. The largest absolute Gasteiger partial charge is 0.441 e. The van der Waals surface area contributed by atoms with Gasteiger partial charge in [0.1, 0.15) is 0 Å². The number of hydrogen-bond donors (Lipinski definition) is 2. The number of aliphatic hydroxyl groups is 1. The Balaban J connectivity index is 1.51. The minimum Gasteiger partial charge on any atom is -0.441 e. The predicted octanol–water partition coefficient (Wildman–Crippen LogP) is 4.42. The number of carbonyl (C=O) groups excluding carboxylic acids is 1. The highest BCUT2D eigenvalue weighted by Gasteiger charge is 2.19. The summed E-state index contributed by atoms with van der Waals surface area (Å²) in [6.07, 6.45) is 3.27. The van der Waals surface area contributed by atoms with Crippen LogP contribution in [-0.2, 0) is 17.8 Å². The summed E-state index contributed by atoms with van der Waals surface area (Å²) in [6, 6.07) is 21.1. The summed E-state index contributed by atoms with van der Waals surface area (Å²) in [5.41, 5.74) is 2.18. The molecule has 0 saturated carbocycles. The topological polar surface area (TPSA) is 84.6 Å². The maximum Gasteiger partial charge on any atom is 0.408 e. The molecule has 0 fully saturated rings. The number of amides is 1. The summed E-state index contributed by atoms with van der Waals surface area (Å²) in [4.78, 5) is 12.2. The molecule has 1 amide bonds. The van der Waals surface area contributed by atoms with Gasteiger partial charge in [-0.3, -0.25) is 0 Å². The third-order valence-electron chi connectivity index (χ3n) is 4.68. The molecular formula is C23H26N2O4. The minimum atomic E-state index is -0.563. The number of aromatic nitrogens is 1. The Labute approximate surface area is 170 Å². The lowest BCUT2D eigenvalue weighted by atomic mass is 9.97. The van der Waals surface area contributed by atoms with Crippen molar-refractivity contribution >= 4 is 6.09 Å². The minimum absolute atomic E-state index is 0.00692. The average Bonchev–Trinajstić information content (AvgIpc) is 3.27. The molecule has 0 aliphatic carbocycles. The SMILES string of the molecule is O=C(NC(CC(O)CCCc1ccccc1)c1ccccc1)OCc1ccno1. The number of carbonyl (C=O) groups is 1. The van der Waals surface area contributed by atoms with Gasteiger partial charge in [0.05, 0.1) is 18.3 Å². The number of aryl methyl sites for hydroxylation is 1. The van der Waals surface area contributed by atoms with E-state index >= 15 is 0 Å². The molecule has 0 saturated heterocycles. The van der Waals surface area contributed by atoms with Gasteiger partial charge in [-0.05, 0) is 36.8 Å². The van der Waals surface area contributed by atoms with Crippen LogP contribution in [0.1, 0.15) is 42.2 Å². The molecular weight excluding hydrogens is 368 g/mol. The summed E-state index contributed by atoms with van der Waals surface area (Å²) in [5, 5.41) is 17.0. The summed E-state index contributed by atoms with van der Waals surface area (Å²) < 4.78 is 10.1. The lowest BCUT2D eigenvalue weighted by molar-refractivity contribution is 0.111. The van der Waals surface area contributed by atoms with Crippen molar-refractivity contribution in [3.63, 3.8) is 0 Å². The average molecular weight is 394 g/mol. The van der Waals surface area contributed by atoms with Gasteiger partial charge in [0, 0.05) is 6.07 Å². The van der Waals surface area contributed by atoms with Crippen molar-refractivity contribution in [2.24, 2.45) is 0 Å². The molecule has 0 spiro atoms. The third-order valence-corrected chi connectivity index (χ3v) is 4.68. The normalized spacial score (nSPS) is 12.9. The van der Waals surface area contributed by atoms with Gasteiger partial charge in [-0.2, -0.15) is 0 Å². The Hall–Kier alpha value is -3.12. The fourth-order valence-corrected chi connectivity index (χ4v) is 3.18. The fourth-order valence-electron chi connectivity index (χ4n) is 3.18. The standard InChI is InChI=1S/C23H26N2O4/c26-20(13-7-10-18-8-3-1-4-9-18)16-22(19-11-5-2-6-12-19)25-23(27)28-17-21-14-15-24-29-21/h1-6,8-9,11-12,14-15,20,22,26H,7,10,13,16-17H2,(H,25,27). The van der Waals surface area contributed by atoms with E-state index in [-0.39, 0.29) is 12.6 Å². The van der Waals surface area contributed by atoms with E-state index in [4.69, 9.17) is 9.26 Å². The smallest absolute Gasteiger partial charge is 0.408 e. The van der Waals surface area contributed by atoms with E-state index in [1.165, 1.54) is 11.8 Å². The van der Waals surface area contributed by atoms with Gasteiger partial charge in [-0.1, -0.05) is 65.8 Å². The molecule has 152 valence electrons. The molecule has 2 N–H and O–H groups in total. The first kappa shape index (κ1) is 20.6. The van der Waals surface area contributed by atoms with E-state index in [1.54, 1.807) is 6.07 Å². The molecule has 2 atom stereocenters. The zero-order valence-electron chi connectivity index (χ0n) is 16.2. The maximum absolute atomic E-state index is 12.2. The van der Waals surface area contributed by atoms with E-state index in [0.29, 0.717) is 18.6 Å². The van der Waals surface area contributed by atoms with Gasteiger partial charge >= 0.3 is 6.09 Å². The Kier molecular flexibility index (Phi) is 7.83. The van der Waals surface area contributed by atoms with Crippen LogP contribution in [0.4, 0.5) is 4.79 Å². The van der Waals surface area contributed by atoms with E-state index in [0.717, 1.165) is 18.4 Å². The number of rotatable bonds is 10. The van der Waals surface area contributed by atoms with Crippen molar-refractivity contribution in [1.29, 1.82) is 0 Å². The van der Waals surface area contributed by atoms with Gasteiger partial charge in [0.15, 0.2) is 12.4 Å². The zero-order chi connectivity index (χ0) is 20.3. The van der Waals surface area contributed by atoms with E-state index in [9.17, 15) is 9.90 Å². The monoisotopic (exact) mass is 394 g/mol. The van der Waals surface area contributed by atoms with Gasteiger partial charge in [-0.15, -0.1) is 0 Å². The first-order valence-corrected chi connectivity index (χ1v) is 9.80. The lowest BCUT2D eigenvalue weighted by Crippen LogP contribution is -2.31. The van der Waals surface area contributed by atoms with Crippen LogP contribution in [0.15, 0.2) is 77.4 Å². The third kappa shape index (κ3) is 7.08. The molecule has 1 aromatic heterocycles. The van der Waals surface area contributed by atoms with Crippen LogP contribution in [0.5, 0.6) is 0 Å². The Bertz CT molecular complexity index is 838. The van der Waals surface area contributed by atoms with Gasteiger partial charge in [-0.25, -0.2) is 4.79 Å². The Morgan fingerprint density at radius 1 is 1.07 bits per heavy atom. The number of alkyl carbamates (subject to hydrolysis) is 1. The zero-order valence-corrected chi connectivity index (χ0v) is 16.2. The van der Waals surface area contributed by atoms with Crippen molar-refractivity contribution in [3.8, 4) is 0 Å². The molecule has 3 aromatic rings. The first-order valence-electron chi connectivity index (χ1n) is 9.80. The van der Waals surface area contributed by atoms with E-state index < -0.39 is 12.2 Å². The van der Waals surface area contributed by atoms with Gasteiger partial charge in [0.2, 0.25) is 0 Å². The number of nitrogens with zero attached hydrogens (tertiary/aromatic N) is 1. The van der Waals surface area contributed by atoms with Crippen molar-refractivity contribution in [1.82, 2.24) is 10.5 Å². The molecule has 3 rings (SSSR count). The molecule has 6 heteroatoms. The number of nitrogens with one attached hydrogen (secondary N) is 1. The van der Waals surface area contributed by atoms with E-state index in [2.05, 4.69) is 22.6 Å². The number of benzene rings is 2. The Morgan fingerprint density at radius 3 is 2.48 bits per heavy atom. The van der Waals surface area contributed by atoms with Crippen LogP contribution in [0.2, 0.25) is 0 Å². The highest BCUT2D eigenvalue weighted by molar-refractivity contribution is 5.67. The van der Waals surface area contributed by atoms with Crippen molar-refractivity contribution in [2.75, 3.05) is 0 Å². The van der Waals surface area contributed by atoms with Crippen LogP contribution >= 0.6 is 0 Å². The molecule has 0 radical (unpaired) electrons. The summed E-state index contributed by atoms with van der Waals surface area (Å²) in [5.74, 6) is 0.470. The molecule has 2 aromatic carbocycles. The van der Waals surface area contributed by atoms with Crippen LogP contribution in [0.3, 0.4) is 0 Å². The molecule has 2 unspecified atom stereocenters. The van der Waals surface area contributed by atoms with Crippen molar-refractivity contribution in [2.45, 2.75) is 44.4 Å². The first-order chi connectivity index (χ1) is 14.2. The lowest BCUT2D eigenvalue weighted by Gasteiger charge is -2.22. The number of aliphatic hydroxyl groups excluding tert-OH is 1. The van der Waals surface area contributed by atoms with Gasteiger partial charge in [0.25, 0.3) is 0 Å². The molecule has 0 aliphatic rings. The summed E-state index contributed by atoms with van der Waals surface area (Å²) in [6.45, 7) is 0.00692. The van der Waals surface area contributed by atoms with E-state index in [1.807, 2.05) is 48.5 Å².